The lowest BCUT2D eigenvalue weighted by Gasteiger charge is -2.36. The van der Waals surface area contributed by atoms with Gasteiger partial charge in [-0.2, -0.15) is 0 Å². The van der Waals surface area contributed by atoms with Crippen molar-refractivity contribution in [3.8, 4) is 11.5 Å². The summed E-state index contributed by atoms with van der Waals surface area (Å²) in [7, 11) is 3.18. The van der Waals surface area contributed by atoms with Crippen molar-refractivity contribution >= 4 is 17.5 Å². The third-order valence-corrected chi connectivity index (χ3v) is 6.12. The zero-order chi connectivity index (χ0) is 22.0. The molecule has 4 rings (SSSR count). The Bertz CT molecular complexity index is 934. The Morgan fingerprint density at radius 2 is 1.74 bits per heavy atom. The largest absolute Gasteiger partial charge is 0.497 e. The minimum absolute atomic E-state index is 0.153. The number of aromatic nitrogens is 2. The van der Waals surface area contributed by atoms with Gasteiger partial charge >= 0.3 is 6.03 Å². The third-order valence-electron chi connectivity index (χ3n) is 6.12. The molecule has 1 aromatic carbocycles. The lowest BCUT2D eigenvalue weighted by molar-refractivity contribution is 0.206. The Morgan fingerprint density at radius 3 is 2.39 bits per heavy atom. The van der Waals surface area contributed by atoms with Gasteiger partial charge in [0.2, 0.25) is 0 Å². The molecule has 2 amide bonds. The van der Waals surface area contributed by atoms with Gasteiger partial charge in [0.05, 0.1) is 26.5 Å². The normalized spacial score (nSPS) is 16.6. The Hall–Kier alpha value is -3.03. The van der Waals surface area contributed by atoms with E-state index in [9.17, 15) is 4.79 Å². The maximum atomic E-state index is 13.1. The van der Waals surface area contributed by atoms with Crippen molar-refractivity contribution < 1.29 is 14.3 Å². The lowest BCUT2D eigenvalue weighted by atomic mass is 9.98. The highest BCUT2D eigenvalue weighted by atomic mass is 16.5. The average Bonchev–Trinajstić information content (AvgIpc) is 2.78. The number of rotatable bonds is 4. The van der Waals surface area contributed by atoms with Crippen LogP contribution in [0.3, 0.4) is 0 Å². The predicted molar refractivity (Wildman–Crippen MR) is 120 cm³/mol. The van der Waals surface area contributed by atoms with E-state index in [0.717, 1.165) is 48.3 Å². The second-order valence-corrected chi connectivity index (χ2v) is 8.39. The summed E-state index contributed by atoms with van der Waals surface area (Å²) >= 11 is 0. The number of ether oxygens (including phenoxy) is 2. The number of carbonyl (C=O) groups excluding carboxylic acids is 1. The van der Waals surface area contributed by atoms with Crippen molar-refractivity contribution in [2.75, 3.05) is 44.1 Å². The van der Waals surface area contributed by atoms with Crippen molar-refractivity contribution in [2.45, 2.75) is 39.7 Å². The number of carbonyl (C=O) groups is 1. The van der Waals surface area contributed by atoms with Crippen molar-refractivity contribution in [3.63, 3.8) is 0 Å². The summed E-state index contributed by atoms with van der Waals surface area (Å²) in [5.74, 6) is 3.80. The molecule has 0 unspecified atom stereocenters. The second-order valence-electron chi connectivity index (χ2n) is 8.39. The molecule has 0 bridgehead atoms. The molecular formula is C23H31N5O3. The van der Waals surface area contributed by atoms with E-state index in [0.29, 0.717) is 30.3 Å². The van der Waals surface area contributed by atoms with Crippen molar-refractivity contribution in [1.82, 2.24) is 14.9 Å². The van der Waals surface area contributed by atoms with Gasteiger partial charge in [0.15, 0.2) is 0 Å². The van der Waals surface area contributed by atoms with E-state index in [1.165, 1.54) is 12.8 Å². The molecule has 8 heteroatoms. The first-order valence-corrected chi connectivity index (χ1v) is 10.9. The maximum Gasteiger partial charge on any atom is 0.322 e. The fourth-order valence-corrected chi connectivity index (χ4v) is 4.25. The number of urea groups is 1. The van der Waals surface area contributed by atoms with Gasteiger partial charge in [0.1, 0.15) is 23.1 Å². The molecule has 166 valence electrons. The number of fused-ring (bicyclic) bond motifs is 1. The number of benzene rings is 1. The van der Waals surface area contributed by atoms with E-state index in [4.69, 9.17) is 14.5 Å². The fraction of sp³-hybridized carbons (Fsp3) is 0.522. The molecule has 31 heavy (non-hydrogen) atoms. The number of amides is 2. The van der Waals surface area contributed by atoms with Crippen LogP contribution in [0.4, 0.5) is 16.3 Å². The third kappa shape index (κ3) is 4.68. The number of hydrogen-bond donors (Lipinski definition) is 1. The maximum absolute atomic E-state index is 13.1. The molecule has 0 saturated carbocycles. The second kappa shape index (κ2) is 8.99. The summed E-state index contributed by atoms with van der Waals surface area (Å²) in [5.41, 5.74) is 2.77. The van der Waals surface area contributed by atoms with Crippen molar-refractivity contribution in [2.24, 2.45) is 5.92 Å². The molecule has 2 aliphatic rings. The van der Waals surface area contributed by atoms with Crippen LogP contribution in [0, 0.1) is 12.8 Å². The van der Waals surface area contributed by atoms with Gasteiger partial charge in [-0.15, -0.1) is 0 Å². The molecule has 1 fully saturated rings. The Kier molecular flexibility index (Phi) is 6.15. The Labute approximate surface area is 183 Å². The quantitative estimate of drug-likeness (QED) is 0.806. The fourth-order valence-electron chi connectivity index (χ4n) is 4.25. The van der Waals surface area contributed by atoms with Gasteiger partial charge in [-0.1, -0.05) is 6.92 Å². The van der Waals surface area contributed by atoms with E-state index < -0.39 is 0 Å². The summed E-state index contributed by atoms with van der Waals surface area (Å²) in [4.78, 5) is 26.7. The topological polar surface area (TPSA) is 79.8 Å². The van der Waals surface area contributed by atoms with Crippen LogP contribution in [0.5, 0.6) is 11.5 Å². The van der Waals surface area contributed by atoms with Crippen LogP contribution in [-0.2, 0) is 13.0 Å². The molecule has 1 aromatic heterocycles. The smallest absolute Gasteiger partial charge is 0.322 e. The number of hydrogen-bond acceptors (Lipinski definition) is 6. The van der Waals surface area contributed by atoms with Gasteiger partial charge in [0.25, 0.3) is 0 Å². The van der Waals surface area contributed by atoms with Gasteiger partial charge < -0.3 is 24.6 Å². The van der Waals surface area contributed by atoms with Gasteiger partial charge in [-0.3, -0.25) is 0 Å². The monoisotopic (exact) mass is 425 g/mol. The van der Waals surface area contributed by atoms with E-state index in [1.54, 1.807) is 32.4 Å². The SMILES string of the molecule is COc1cc(NC(=O)N2CCc3nc(C)nc(N4CCC(C)CC4)c3C2)cc(OC)c1. The van der Waals surface area contributed by atoms with Crippen LogP contribution in [0.15, 0.2) is 18.2 Å². The standard InChI is InChI=1S/C23H31N5O3/c1-15-5-8-27(9-6-15)22-20-14-28(10-7-21(20)24-16(2)25-22)23(29)26-17-11-18(30-3)13-19(12-17)31-4/h11-13,15H,5-10,14H2,1-4H3,(H,26,29). The molecule has 2 aromatic rings. The molecule has 0 aliphatic carbocycles. The zero-order valence-electron chi connectivity index (χ0n) is 18.8. The first-order chi connectivity index (χ1) is 15.0. The predicted octanol–water partition coefficient (Wildman–Crippen LogP) is 3.63. The number of nitrogens with one attached hydrogen (secondary N) is 1. The molecule has 1 N–H and O–H groups in total. The number of aryl methyl sites for hydroxylation is 1. The zero-order valence-corrected chi connectivity index (χ0v) is 18.8. The average molecular weight is 426 g/mol. The summed E-state index contributed by atoms with van der Waals surface area (Å²) < 4.78 is 10.6. The van der Waals surface area contributed by atoms with Crippen LogP contribution in [0.2, 0.25) is 0 Å². The molecule has 0 radical (unpaired) electrons. The highest BCUT2D eigenvalue weighted by Crippen LogP contribution is 2.31. The number of methoxy groups -OCH3 is 2. The van der Waals surface area contributed by atoms with Crippen molar-refractivity contribution in [1.29, 1.82) is 0 Å². The van der Waals surface area contributed by atoms with Gasteiger partial charge in [-0.05, 0) is 25.7 Å². The number of piperidine rings is 1. The summed E-state index contributed by atoms with van der Waals surface area (Å²) in [6.07, 6.45) is 3.06. The van der Waals surface area contributed by atoms with Crippen LogP contribution < -0.4 is 19.7 Å². The summed E-state index contributed by atoms with van der Waals surface area (Å²) in [6.45, 7) is 7.37. The van der Waals surface area contributed by atoms with Crippen LogP contribution >= 0.6 is 0 Å². The first kappa shape index (κ1) is 21.2. The minimum atomic E-state index is -0.153. The van der Waals surface area contributed by atoms with Crippen molar-refractivity contribution in [3.05, 3.63) is 35.3 Å². The Balaban J connectivity index is 1.54. The van der Waals surface area contributed by atoms with E-state index in [2.05, 4.69) is 22.1 Å². The Morgan fingerprint density at radius 1 is 1.06 bits per heavy atom. The lowest BCUT2D eigenvalue weighted by Crippen LogP contribution is -2.41. The molecule has 8 nitrogen and oxygen atoms in total. The molecule has 2 aliphatic heterocycles. The minimum Gasteiger partial charge on any atom is -0.497 e. The van der Waals surface area contributed by atoms with Crippen LogP contribution in [0.25, 0.3) is 0 Å². The highest BCUT2D eigenvalue weighted by molar-refractivity contribution is 5.90. The molecular weight excluding hydrogens is 394 g/mol. The number of anilines is 2. The van der Waals surface area contributed by atoms with Crippen LogP contribution in [0.1, 0.15) is 36.8 Å². The summed E-state index contributed by atoms with van der Waals surface area (Å²) in [5, 5.41) is 2.98. The molecule has 0 atom stereocenters. The van der Waals surface area contributed by atoms with E-state index in [1.807, 2.05) is 11.8 Å². The van der Waals surface area contributed by atoms with Gasteiger partial charge in [-0.25, -0.2) is 14.8 Å². The van der Waals surface area contributed by atoms with E-state index in [-0.39, 0.29) is 6.03 Å². The van der Waals surface area contributed by atoms with Gasteiger partial charge in [0, 0.05) is 55.5 Å². The molecule has 0 spiro atoms. The molecule has 3 heterocycles. The highest BCUT2D eigenvalue weighted by Gasteiger charge is 2.28. The van der Waals surface area contributed by atoms with E-state index >= 15 is 0 Å². The molecule has 1 saturated heterocycles. The first-order valence-electron chi connectivity index (χ1n) is 10.9. The van der Waals surface area contributed by atoms with Crippen LogP contribution in [-0.4, -0.2) is 54.8 Å². The number of nitrogens with zero attached hydrogens (tertiary/aromatic N) is 4. The summed E-state index contributed by atoms with van der Waals surface area (Å²) in [6, 6.07) is 5.19.